The first-order valence-corrected chi connectivity index (χ1v) is 8.48. The minimum absolute atomic E-state index is 0.130. The molecule has 0 aliphatic rings. The van der Waals surface area contributed by atoms with Crippen LogP contribution in [0.5, 0.6) is 0 Å². The number of tetrazole rings is 1. The normalized spacial score (nSPS) is 10.7. The van der Waals surface area contributed by atoms with Crippen molar-refractivity contribution in [1.29, 1.82) is 0 Å². The molecule has 26 heavy (non-hydrogen) atoms. The average molecular weight is 372 g/mol. The number of ether oxygens (including phenoxy) is 1. The second-order valence-electron chi connectivity index (χ2n) is 5.64. The first-order valence-electron chi connectivity index (χ1n) is 8.11. The van der Waals surface area contributed by atoms with Gasteiger partial charge in [-0.25, -0.2) is 4.68 Å². The summed E-state index contributed by atoms with van der Waals surface area (Å²) in [6.07, 6.45) is 1.55. The summed E-state index contributed by atoms with van der Waals surface area (Å²) in [5.41, 5.74) is 2.65. The molecular weight excluding hydrogens is 354 g/mol. The van der Waals surface area contributed by atoms with E-state index in [1.807, 2.05) is 36.4 Å². The number of hydrogen-bond acceptors (Lipinski definition) is 5. The van der Waals surface area contributed by atoms with Gasteiger partial charge < -0.3 is 10.1 Å². The van der Waals surface area contributed by atoms with Crippen molar-refractivity contribution in [3.8, 4) is 0 Å². The Kier molecular flexibility index (Phi) is 6.29. The lowest BCUT2D eigenvalue weighted by Crippen LogP contribution is -2.27. The molecule has 0 saturated heterocycles. The number of carbonyl (C=O) groups excluding carboxylic acids is 1. The quantitative estimate of drug-likeness (QED) is 0.614. The van der Waals surface area contributed by atoms with Crippen LogP contribution in [0.15, 0.2) is 54.9 Å². The van der Waals surface area contributed by atoms with Crippen molar-refractivity contribution in [1.82, 2.24) is 25.5 Å². The number of amides is 1. The predicted molar refractivity (Wildman–Crippen MR) is 96.8 cm³/mol. The third-order valence-corrected chi connectivity index (χ3v) is 3.92. The Morgan fingerprint density at radius 2 is 1.81 bits per heavy atom. The Morgan fingerprint density at radius 1 is 1.08 bits per heavy atom. The van der Waals surface area contributed by atoms with Crippen LogP contribution in [-0.2, 0) is 17.9 Å². The molecule has 1 heterocycles. The van der Waals surface area contributed by atoms with E-state index in [-0.39, 0.29) is 5.91 Å². The summed E-state index contributed by atoms with van der Waals surface area (Å²) in [5, 5.41) is 14.5. The molecule has 0 spiro atoms. The molecule has 3 aromatic rings. The van der Waals surface area contributed by atoms with Gasteiger partial charge in [-0.1, -0.05) is 35.9 Å². The third kappa shape index (κ3) is 5.37. The third-order valence-electron chi connectivity index (χ3n) is 3.67. The van der Waals surface area contributed by atoms with E-state index in [4.69, 9.17) is 16.3 Å². The highest BCUT2D eigenvalue weighted by Crippen LogP contribution is 2.10. The van der Waals surface area contributed by atoms with Gasteiger partial charge in [0.05, 0.1) is 19.8 Å². The van der Waals surface area contributed by atoms with E-state index in [0.717, 1.165) is 11.1 Å². The van der Waals surface area contributed by atoms with Crippen LogP contribution < -0.4 is 5.32 Å². The zero-order chi connectivity index (χ0) is 18.2. The highest BCUT2D eigenvalue weighted by Gasteiger charge is 2.05. The maximum absolute atomic E-state index is 12.1. The van der Waals surface area contributed by atoms with Crippen LogP contribution in [0.2, 0.25) is 5.02 Å². The van der Waals surface area contributed by atoms with Crippen LogP contribution in [0.1, 0.15) is 21.5 Å². The second kappa shape index (κ2) is 9.07. The maximum atomic E-state index is 12.1. The van der Waals surface area contributed by atoms with Gasteiger partial charge in [-0.2, -0.15) is 0 Å². The van der Waals surface area contributed by atoms with E-state index in [9.17, 15) is 4.79 Å². The predicted octanol–water partition coefficient (Wildman–Crippen LogP) is 2.32. The van der Waals surface area contributed by atoms with Gasteiger partial charge in [0.1, 0.15) is 6.33 Å². The highest BCUT2D eigenvalue weighted by molar-refractivity contribution is 6.30. The summed E-state index contributed by atoms with van der Waals surface area (Å²) in [4.78, 5) is 12.1. The standard InChI is InChI=1S/C18H18ClN5O2/c19-17-7-3-15(4-8-17)12-26-10-9-20-18(25)16-5-1-14(2-6-16)11-24-13-21-22-23-24/h1-8,13H,9-12H2,(H,20,25). The van der Waals surface area contributed by atoms with Gasteiger partial charge in [0.2, 0.25) is 0 Å². The molecule has 0 atom stereocenters. The molecule has 7 nitrogen and oxygen atoms in total. The molecule has 8 heteroatoms. The van der Waals surface area contributed by atoms with E-state index < -0.39 is 0 Å². The lowest BCUT2D eigenvalue weighted by atomic mass is 10.1. The highest BCUT2D eigenvalue weighted by atomic mass is 35.5. The number of rotatable bonds is 8. The van der Waals surface area contributed by atoms with Crippen molar-refractivity contribution >= 4 is 17.5 Å². The van der Waals surface area contributed by atoms with E-state index in [1.165, 1.54) is 0 Å². The summed E-state index contributed by atoms with van der Waals surface area (Å²) >= 11 is 5.84. The number of aromatic nitrogens is 4. The molecule has 1 amide bonds. The van der Waals surface area contributed by atoms with Gasteiger partial charge in [-0.05, 0) is 45.8 Å². The number of hydrogen-bond donors (Lipinski definition) is 1. The maximum Gasteiger partial charge on any atom is 0.251 e. The number of benzene rings is 2. The fraction of sp³-hybridized carbons (Fsp3) is 0.222. The Balaban J connectivity index is 1.38. The molecule has 0 fully saturated rings. The summed E-state index contributed by atoms with van der Waals surface area (Å²) < 4.78 is 7.16. The number of nitrogens with one attached hydrogen (secondary N) is 1. The smallest absolute Gasteiger partial charge is 0.251 e. The molecule has 0 aliphatic carbocycles. The van der Waals surface area contributed by atoms with E-state index >= 15 is 0 Å². The summed E-state index contributed by atoms with van der Waals surface area (Å²) in [6, 6.07) is 14.8. The van der Waals surface area contributed by atoms with Gasteiger partial charge in [-0.15, -0.1) is 5.10 Å². The molecular formula is C18H18ClN5O2. The molecule has 0 radical (unpaired) electrons. The Hall–Kier alpha value is -2.77. The summed E-state index contributed by atoms with van der Waals surface area (Å²) in [7, 11) is 0. The van der Waals surface area contributed by atoms with Crippen LogP contribution in [0, 0.1) is 0 Å². The molecule has 3 rings (SSSR count). The number of halogens is 1. The monoisotopic (exact) mass is 371 g/mol. The van der Waals surface area contributed by atoms with Gasteiger partial charge in [0.25, 0.3) is 5.91 Å². The molecule has 0 aliphatic heterocycles. The zero-order valence-corrected chi connectivity index (χ0v) is 14.8. The molecule has 1 N–H and O–H groups in total. The first-order chi connectivity index (χ1) is 12.7. The van der Waals surface area contributed by atoms with Crippen LogP contribution in [0.3, 0.4) is 0 Å². The lowest BCUT2D eigenvalue weighted by molar-refractivity contribution is 0.0901. The minimum atomic E-state index is -0.130. The van der Waals surface area contributed by atoms with Crippen LogP contribution in [0.25, 0.3) is 0 Å². The van der Waals surface area contributed by atoms with Crippen molar-refractivity contribution in [2.75, 3.05) is 13.2 Å². The molecule has 0 saturated carbocycles. The summed E-state index contributed by atoms with van der Waals surface area (Å²) in [5.74, 6) is -0.130. The first kappa shape index (κ1) is 18.0. The summed E-state index contributed by atoms with van der Waals surface area (Å²) in [6.45, 7) is 1.93. The van der Waals surface area contributed by atoms with Crippen molar-refractivity contribution in [2.45, 2.75) is 13.2 Å². The van der Waals surface area contributed by atoms with Gasteiger partial charge in [0.15, 0.2) is 0 Å². The lowest BCUT2D eigenvalue weighted by Gasteiger charge is -2.07. The molecule has 134 valence electrons. The van der Waals surface area contributed by atoms with Crippen molar-refractivity contribution in [2.24, 2.45) is 0 Å². The van der Waals surface area contributed by atoms with Gasteiger partial charge >= 0.3 is 0 Å². The largest absolute Gasteiger partial charge is 0.375 e. The Morgan fingerprint density at radius 3 is 2.50 bits per heavy atom. The number of nitrogens with zero attached hydrogens (tertiary/aromatic N) is 4. The van der Waals surface area contributed by atoms with E-state index in [0.29, 0.717) is 36.9 Å². The SMILES string of the molecule is O=C(NCCOCc1ccc(Cl)cc1)c1ccc(Cn2cnnn2)cc1. The Labute approximate surface area is 155 Å². The van der Waals surface area contributed by atoms with Crippen molar-refractivity contribution in [3.05, 3.63) is 76.6 Å². The minimum Gasteiger partial charge on any atom is -0.375 e. The zero-order valence-electron chi connectivity index (χ0n) is 14.0. The fourth-order valence-electron chi connectivity index (χ4n) is 2.31. The van der Waals surface area contributed by atoms with Crippen LogP contribution in [0.4, 0.5) is 0 Å². The fourth-order valence-corrected chi connectivity index (χ4v) is 2.44. The van der Waals surface area contributed by atoms with Crippen molar-refractivity contribution < 1.29 is 9.53 Å². The van der Waals surface area contributed by atoms with Crippen LogP contribution >= 0.6 is 11.6 Å². The molecule has 0 bridgehead atoms. The molecule has 2 aromatic carbocycles. The van der Waals surface area contributed by atoms with Gasteiger partial charge in [0, 0.05) is 17.1 Å². The van der Waals surface area contributed by atoms with Crippen LogP contribution in [-0.4, -0.2) is 39.3 Å². The van der Waals surface area contributed by atoms with E-state index in [1.54, 1.807) is 23.1 Å². The average Bonchev–Trinajstić information content (AvgIpc) is 3.16. The Bertz CT molecular complexity index is 820. The van der Waals surface area contributed by atoms with E-state index in [2.05, 4.69) is 20.8 Å². The van der Waals surface area contributed by atoms with Gasteiger partial charge in [-0.3, -0.25) is 4.79 Å². The topological polar surface area (TPSA) is 81.9 Å². The molecule has 1 aromatic heterocycles. The molecule has 0 unspecified atom stereocenters. The number of carbonyl (C=O) groups is 1. The second-order valence-corrected chi connectivity index (χ2v) is 6.08. The van der Waals surface area contributed by atoms with Crippen molar-refractivity contribution in [3.63, 3.8) is 0 Å².